The van der Waals surface area contributed by atoms with Crippen LogP contribution in [-0.4, -0.2) is 6.29 Å². The van der Waals surface area contributed by atoms with Gasteiger partial charge in [-0.15, -0.1) is 0 Å². The van der Waals surface area contributed by atoms with E-state index >= 15 is 0 Å². The molecule has 1 fully saturated rings. The van der Waals surface area contributed by atoms with E-state index in [0.29, 0.717) is 17.8 Å². The van der Waals surface area contributed by atoms with Gasteiger partial charge < -0.3 is 0 Å². The van der Waals surface area contributed by atoms with Gasteiger partial charge in [0.2, 0.25) is 0 Å². The topological polar surface area (TPSA) is 17.1 Å². The summed E-state index contributed by atoms with van der Waals surface area (Å²) in [5.41, 5.74) is 1.19. The Morgan fingerprint density at radius 2 is 2.00 bits per heavy atom. The number of rotatable bonds is 3. The van der Waals surface area contributed by atoms with Gasteiger partial charge in [0.25, 0.3) is 6.43 Å². The molecule has 3 heteroatoms. The Kier molecular flexibility index (Phi) is 2.32. The summed E-state index contributed by atoms with van der Waals surface area (Å²) in [6.45, 7) is 0. The van der Waals surface area contributed by atoms with Gasteiger partial charge in [0.15, 0.2) is 0 Å². The van der Waals surface area contributed by atoms with Crippen LogP contribution in [0.15, 0.2) is 18.2 Å². The van der Waals surface area contributed by atoms with Gasteiger partial charge in [0, 0.05) is 11.1 Å². The van der Waals surface area contributed by atoms with E-state index in [1.165, 1.54) is 12.1 Å². The number of carbonyl (C=O) groups excluding carboxylic acids is 1. The summed E-state index contributed by atoms with van der Waals surface area (Å²) in [4.78, 5) is 10.5. The van der Waals surface area contributed by atoms with E-state index in [1.54, 1.807) is 6.07 Å². The van der Waals surface area contributed by atoms with Gasteiger partial charge in [-0.2, -0.15) is 0 Å². The van der Waals surface area contributed by atoms with E-state index in [-0.39, 0.29) is 5.56 Å². The van der Waals surface area contributed by atoms with E-state index in [0.717, 1.165) is 18.4 Å². The SMILES string of the molecule is O=Cc1cc(C(F)F)cc(C2CC2)c1. The zero-order chi connectivity index (χ0) is 10.1. The summed E-state index contributed by atoms with van der Waals surface area (Å²) in [7, 11) is 0. The molecule has 0 saturated heterocycles. The molecule has 1 aliphatic carbocycles. The lowest BCUT2D eigenvalue weighted by Gasteiger charge is -2.04. The summed E-state index contributed by atoms with van der Waals surface area (Å²) in [6.07, 6.45) is 0.223. The Hall–Kier alpha value is -1.25. The van der Waals surface area contributed by atoms with Gasteiger partial charge >= 0.3 is 0 Å². The minimum Gasteiger partial charge on any atom is -0.298 e. The lowest BCUT2D eigenvalue weighted by molar-refractivity contribution is 0.112. The maximum atomic E-state index is 12.4. The van der Waals surface area contributed by atoms with Crippen LogP contribution in [0, 0.1) is 0 Å². The van der Waals surface area contributed by atoms with Crippen molar-refractivity contribution in [2.24, 2.45) is 0 Å². The molecule has 0 aliphatic heterocycles. The van der Waals surface area contributed by atoms with Gasteiger partial charge in [0.1, 0.15) is 6.29 Å². The van der Waals surface area contributed by atoms with Gasteiger partial charge in [0.05, 0.1) is 0 Å². The number of hydrogen-bond donors (Lipinski definition) is 0. The minimum absolute atomic E-state index is 0.0449. The van der Waals surface area contributed by atoms with Crippen molar-refractivity contribution in [1.29, 1.82) is 0 Å². The fourth-order valence-electron chi connectivity index (χ4n) is 1.55. The van der Waals surface area contributed by atoms with E-state index in [9.17, 15) is 13.6 Å². The van der Waals surface area contributed by atoms with Gasteiger partial charge in [-0.1, -0.05) is 0 Å². The van der Waals surface area contributed by atoms with Crippen molar-refractivity contribution < 1.29 is 13.6 Å². The van der Waals surface area contributed by atoms with Crippen LogP contribution in [0.4, 0.5) is 8.78 Å². The summed E-state index contributed by atoms with van der Waals surface area (Å²) in [6, 6.07) is 4.47. The fourth-order valence-corrected chi connectivity index (χ4v) is 1.55. The van der Waals surface area contributed by atoms with Crippen molar-refractivity contribution >= 4 is 6.29 Å². The van der Waals surface area contributed by atoms with Crippen LogP contribution in [0.2, 0.25) is 0 Å². The summed E-state index contributed by atoms with van der Waals surface area (Å²) < 4.78 is 24.9. The molecule has 1 saturated carbocycles. The van der Waals surface area contributed by atoms with Crippen LogP contribution < -0.4 is 0 Å². The molecule has 74 valence electrons. The van der Waals surface area contributed by atoms with Crippen LogP contribution >= 0.6 is 0 Å². The molecule has 1 aromatic rings. The number of halogens is 2. The predicted octanol–water partition coefficient (Wildman–Crippen LogP) is 3.31. The van der Waals surface area contributed by atoms with Gasteiger partial charge in [-0.3, -0.25) is 4.79 Å². The Balaban J connectivity index is 2.40. The van der Waals surface area contributed by atoms with E-state index in [1.807, 2.05) is 0 Å². The summed E-state index contributed by atoms with van der Waals surface area (Å²) >= 11 is 0. The molecule has 1 aromatic carbocycles. The first-order valence-corrected chi connectivity index (χ1v) is 4.59. The molecule has 0 unspecified atom stereocenters. The smallest absolute Gasteiger partial charge is 0.263 e. The first kappa shape index (κ1) is 9.31. The fraction of sp³-hybridized carbons (Fsp3) is 0.364. The monoisotopic (exact) mass is 196 g/mol. The molecule has 0 atom stereocenters. The second-order valence-corrected chi connectivity index (χ2v) is 3.63. The Bertz CT molecular complexity index is 336. The molecule has 0 amide bonds. The number of aldehydes is 1. The molecule has 0 radical (unpaired) electrons. The highest BCUT2D eigenvalue weighted by Gasteiger charge is 2.25. The van der Waals surface area contributed by atoms with E-state index < -0.39 is 6.43 Å². The van der Waals surface area contributed by atoms with Crippen LogP contribution in [0.5, 0.6) is 0 Å². The average Bonchev–Trinajstić information content (AvgIpc) is 3.00. The third-order valence-electron chi connectivity index (χ3n) is 2.44. The third kappa shape index (κ3) is 1.81. The number of benzene rings is 1. The maximum absolute atomic E-state index is 12.4. The van der Waals surface area contributed by atoms with Crippen molar-refractivity contribution in [1.82, 2.24) is 0 Å². The van der Waals surface area contributed by atoms with Gasteiger partial charge in [-0.05, 0) is 42.5 Å². The molecule has 0 bridgehead atoms. The van der Waals surface area contributed by atoms with E-state index in [2.05, 4.69) is 0 Å². The Morgan fingerprint density at radius 1 is 1.29 bits per heavy atom. The first-order valence-electron chi connectivity index (χ1n) is 4.59. The molecular weight excluding hydrogens is 186 g/mol. The minimum atomic E-state index is -2.49. The highest BCUT2D eigenvalue weighted by molar-refractivity contribution is 5.75. The highest BCUT2D eigenvalue weighted by Crippen LogP contribution is 2.41. The maximum Gasteiger partial charge on any atom is 0.263 e. The van der Waals surface area contributed by atoms with Crippen LogP contribution in [0.3, 0.4) is 0 Å². The van der Waals surface area contributed by atoms with E-state index in [4.69, 9.17) is 0 Å². The predicted molar refractivity (Wildman–Crippen MR) is 48.8 cm³/mol. The summed E-state index contributed by atoms with van der Waals surface area (Å²) in [5, 5.41) is 0. The molecule has 0 spiro atoms. The number of hydrogen-bond acceptors (Lipinski definition) is 1. The second-order valence-electron chi connectivity index (χ2n) is 3.63. The Morgan fingerprint density at radius 3 is 2.50 bits per heavy atom. The first-order chi connectivity index (χ1) is 6.70. The van der Waals surface area contributed by atoms with Crippen molar-refractivity contribution in [2.75, 3.05) is 0 Å². The molecule has 2 rings (SSSR count). The summed E-state index contributed by atoms with van der Waals surface area (Å²) in [5.74, 6) is 0.396. The largest absolute Gasteiger partial charge is 0.298 e. The van der Waals surface area contributed by atoms with Crippen molar-refractivity contribution in [3.05, 3.63) is 34.9 Å². The molecule has 0 N–H and O–H groups in total. The van der Waals surface area contributed by atoms with Crippen LogP contribution in [0.1, 0.15) is 46.7 Å². The Labute approximate surface area is 80.7 Å². The van der Waals surface area contributed by atoms with Crippen molar-refractivity contribution in [3.8, 4) is 0 Å². The lowest BCUT2D eigenvalue weighted by Crippen LogP contribution is -1.92. The highest BCUT2D eigenvalue weighted by atomic mass is 19.3. The van der Waals surface area contributed by atoms with Crippen LogP contribution in [0.25, 0.3) is 0 Å². The quantitative estimate of drug-likeness (QED) is 0.678. The second kappa shape index (κ2) is 3.48. The zero-order valence-corrected chi connectivity index (χ0v) is 7.54. The lowest BCUT2D eigenvalue weighted by atomic mass is 10.0. The van der Waals surface area contributed by atoms with Gasteiger partial charge in [-0.25, -0.2) is 8.78 Å². The van der Waals surface area contributed by atoms with Crippen LogP contribution in [-0.2, 0) is 0 Å². The number of alkyl halides is 2. The molecule has 0 aromatic heterocycles. The van der Waals surface area contributed by atoms with Crippen molar-refractivity contribution in [3.63, 3.8) is 0 Å². The normalized spacial score (nSPS) is 15.9. The molecule has 0 heterocycles. The van der Waals surface area contributed by atoms with Crippen molar-refractivity contribution in [2.45, 2.75) is 25.2 Å². The molecular formula is C11H10F2O. The molecule has 14 heavy (non-hydrogen) atoms. The zero-order valence-electron chi connectivity index (χ0n) is 7.54. The number of carbonyl (C=O) groups is 1. The molecule has 1 nitrogen and oxygen atoms in total. The standard InChI is InChI=1S/C11H10F2O/c12-11(13)10-4-7(6-14)3-9(5-10)8-1-2-8/h3-6,8,11H,1-2H2. The third-order valence-corrected chi connectivity index (χ3v) is 2.44. The average molecular weight is 196 g/mol. The molecule has 1 aliphatic rings.